The first-order valence-electron chi connectivity index (χ1n) is 9.34. The van der Waals surface area contributed by atoms with Gasteiger partial charge in [0.15, 0.2) is 0 Å². The minimum Gasteiger partial charge on any atom is -0.491 e. The predicted octanol–water partition coefficient (Wildman–Crippen LogP) is 2.39. The molecule has 2 rings (SSSR count). The van der Waals surface area contributed by atoms with Crippen LogP contribution < -0.4 is 10.5 Å². The third-order valence-electron chi connectivity index (χ3n) is 4.81. The van der Waals surface area contributed by atoms with Gasteiger partial charge in [0, 0.05) is 31.4 Å². The predicted molar refractivity (Wildman–Crippen MR) is 109 cm³/mol. The molecule has 1 aromatic carbocycles. The lowest BCUT2D eigenvalue weighted by Gasteiger charge is -2.27. The number of amides is 1. The fourth-order valence-corrected chi connectivity index (χ4v) is 3.14. The lowest BCUT2D eigenvalue weighted by molar-refractivity contribution is -0.123. The van der Waals surface area contributed by atoms with Gasteiger partial charge in [0.25, 0.3) is 5.91 Å². The highest BCUT2D eigenvalue weighted by molar-refractivity contribution is 6.44. The second kappa shape index (κ2) is 8.57. The zero-order valence-electron chi connectivity index (χ0n) is 17.1. The molecule has 0 atom stereocenters. The van der Waals surface area contributed by atoms with Crippen LogP contribution in [0.25, 0.3) is 0 Å². The highest BCUT2D eigenvalue weighted by atomic mass is 16.5. The monoisotopic (exact) mass is 372 g/mol. The molecule has 0 fully saturated rings. The third-order valence-corrected chi connectivity index (χ3v) is 4.81. The number of nitrogens with zero attached hydrogens (tertiary/aromatic N) is 2. The van der Waals surface area contributed by atoms with E-state index in [2.05, 4.69) is 31.7 Å². The number of ether oxygens (including phenoxy) is 1. The molecule has 3 N–H and O–H groups in total. The summed E-state index contributed by atoms with van der Waals surface area (Å²) in [5, 5.41) is 8.24. The van der Waals surface area contributed by atoms with Crippen molar-refractivity contribution in [3.63, 3.8) is 0 Å². The van der Waals surface area contributed by atoms with E-state index < -0.39 is 0 Å². The maximum Gasteiger partial charge on any atom is 0.271 e. The van der Waals surface area contributed by atoms with Crippen LogP contribution in [0.1, 0.15) is 32.8 Å². The lowest BCUT2D eigenvalue weighted by atomic mass is 9.86. The van der Waals surface area contributed by atoms with Crippen LogP contribution in [-0.4, -0.2) is 61.8 Å². The Balaban J connectivity index is 1.95. The maximum absolute atomic E-state index is 12.6. The summed E-state index contributed by atoms with van der Waals surface area (Å²) < 4.78 is 5.94. The van der Waals surface area contributed by atoms with E-state index in [9.17, 15) is 4.79 Å². The number of likely N-dealkylation sites (N-methyl/N-ethyl adjacent to an activating group) is 2. The Bertz CT molecular complexity index is 734. The average molecular weight is 373 g/mol. The van der Waals surface area contributed by atoms with Crippen LogP contribution >= 0.6 is 0 Å². The number of carbonyl (C=O) groups is 1. The molecule has 148 valence electrons. The molecule has 1 aliphatic rings. The topological polar surface area (TPSA) is 82.7 Å². The van der Waals surface area contributed by atoms with Gasteiger partial charge in [-0.05, 0) is 30.5 Å². The molecule has 0 aromatic heterocycles. The van der Waals surface area contributed by atoms with Gasteiger partial charge in [-0.15, -0.1) is 0 Å². The summed E-state index contributed by atoms with van der Waals surface area (Å²) in [6.07, 6.45) is 0.635. The van der Waals surface area contributed by atoms with Crippen molar-refractivity contribution < 1.29 is 9.53 Å². The van der Waals surface area contributed by atoms with E-state index in [0.717, 1.165) is 17.9 Å². The molecule has 0 aliphatic carbocycles. The van der Waals surface area contributed by atoms with Gasteiger partial charge < -0.3 is 20.3 Å². The molecule has 0 saturated carbocycles. The minimum absolute atomic E-state index is 0.00167. The van der Waals surface area contributed by atoms with Crippen molar-refractivity contribution in [2.75, 3.05) is 40.3 Å². The van der Waals surface area contributed by atoms with Gasteiger partial charge in [-0.25, -0.2) is 0 Å². The largest absolute Gasteiger partial charge is 0.491 e. The summed E-state index contributed by atoms with van der Waals surface area (Å²) in [4.78, 5) is 16.2. The first-order chi connectivity index (χ1) is 12.6. The van der Waals surface area contributed by atoms with Gasteiger partial charge >= 0.3 is 0 Å². The quantitative estimate of drug-likeness (QED) is 0.751. The molecule has 1 heterocycles. The van der Waals surface area contributed by atoms with E-state index in [4.69, 9.17) is 15.9 Å². The van der Waals surface area contributed by atoms with Gasteiger partial charge in [0.2, 0.25) is 0 Å². The summed E-state index contributed by atoms with van der Waals surface area (Å²) in [6.45, 7) is 8.62. The van der Waals surface area contributed by atoms with Crippen LogP contribution in [0.5, 0.6) is 5.75 Å². The molecular formula is C21H32N4O2. The normalized spacial score (nSPS) is 15.6. The van der Waals surface area contributed by atoms with E-state index in [-0.39, 0.29) is 17.0 Å². The summed E-state index contributed by atoms with van der Waals surface area (Å²) >= 11 is 0. The average Bonchev–Trinajstić information content (AvgIpc) is 2.60. The number of benzene rings is 1. The fraction of sp³-hybridized carbons (Fsp3) is 0.524. The second-order valence-electron chi connectivity index (χ2n) is 8.19. The smallest absolute Gasteiger partial charge is 0.271 e. The Kier molecular flexibility index (Phi) is 6.65. The first-order valence-corrected chi connectivity index (χ1v) is 9.34. The lowest BCUT2D eigenvalue weighted by Crippen LogP contribution is -2.40. The standard InChI is InChI=1S/C21H32N4O2/c1-21(2,3)16-8-6-7-9-18(16)27-13-12-25(5)20(26)19(23)15-10-11-24(4)14-17(15)22/h6-9,23H,10-14,22H2,1-5H3. The molecule has 0 unspecified atom stereocenters. The van der Waals surface area contributed by atoms with E-state index in [1.54, 1.807) is 7.05 Å². The van der Waals surface area contributed by atoms with Crippen LogP contribution in [-0.2, 0) is 10.2 Å². The Morgan fingerprint density at radius 1 is 1.33 bits per heavy atom. The molecular weight excluding hydrogens is 340 g/mol. The van der Waals surface area contributed by atoms with E-state index in [1.165, 1.54) is 4.90 Å². The van der Waals surface area contributed by atoms with Crippen LogP contribution in [0.3, 0.4) is 0 Å². The highest BCUT2D eigenvalue weighted by Crippen LogP contribution is 2.30. The van der Waals surface area contributed by atoms with Crippen molar-refractivity contribution in [3.8, 4) is 5.75 Å². The Hall–Kier alpha value is -2.34. The molecule has 0 spiro atoms. The molecule has 0 radical (unpaired) electrons. The molecule has 0 bridgehead atoms. The van der Waals surface area contributed by atoms with Crippen LogP contribution in [0, 0.1) is 5.41 Å². The van der Waals surface area contributed by atoms with E-state index >= 15 is 0 Å². The highest BCUT2D eigenvalue weighted by Gasteiger charge is 2.24. The molecule has 27 heavy (non-hydrogen) atoms. The van der Waals surface area contributed by atoms with Gasteiger partial charge in [-0.1, -0.05) is 39.0 Å². The van der Waals surface area contributed by atoms with Crippen molar-refractivity contribution in [3.05, 3.63) is 41.1 Å². The van der Waals surface area contributed by atoms with Gasteiger partial charge in [-0.3, -0.25) is 10.2 Å². The van der Waals surface area contributed by atoms with Crippen LogP contribution in [0.15, 0.2) is 35.5 Å². The van der Waals surface area contributed by atoms with Crippen molar-refractivity contribution >= 4 is 11.6 Å². The van der Waals surface area contributed by atoms with Crippen molar-refractivity contribution in [2.24, 2.45) is 5.73 Å². The van der Waals surface area contributed by atoms with Gasteiger partial charge in [0.05, 0.1) is 6.54 Å². The number of para-hydroxylation sites is 1. The Morgan fingerprint density at radius 3 is 2.63 bits per heavy atom. The summed E-state index contributed by atoms with van der Waals surface area (Å²) in [7, 11) is 3.68. The molecule has 6 nitrogen and oxygen atoms in total. The Morgan fingerprint density at radius 2 is 2.00 bits per heavy atom. The second-order valence-corrected chi connectivity index (χ2v) is 8.19. The summed E-state index contributed by atoms with van der Waals surface area (Å²) in [5.74, 6) is 0.522. The number of nitrogens with one attached hydrogen (secondary N) is 1. The zero-order valence-corrected chi connectivity index (χ0v) is 17.1. The third kappa shape index (κ3) is 5.32. The van der Waals surface area contributed by atoms with E-state index in [0.29, 0.717) is 37.4 Å². The number of nitrogens with two attached hydrogens (primary N) is 1. The Labute approximate surface area is 162 Å². The summed E-state index contributed by atoms with van der Waals surface area (Å²) in [5.41, 5.74) is 8.45. The number of hydrogen-bond acceptors (Lipinski definition) is 5. The molecule has 1 amide bonds. The van der Waals surface area contributed by atoms with Crippen molar-refractivity contribution in [1.29, 1.82) is 5.41 Å². The molecule has 1 aromatic rings. The fourth-order valence-electron chi connectivity index (χ4n) is 3.14. The number of hydrogen-bond donors (Lipinski definition) is 2. The molecule has 1 aliphatic heterocycles. The van der Waals surface area contributed by atoms with Gasteiger partial charge in [-0.2, -0.15) is 0 Å². The number of rotatable bonds is 6. The molecule has 0 saturated heterocycles. The minimum atomic E-state index is -0.315. The SMILES string of the molecule is CN1CCC(C(=N)C(=O)N(C)CCOc2ccccc2C(C)(C)C)=C(N)C1. The van der Waals surface area contributed by atoms with Crippen molar-refractivity contribution in [2.45, 2.75) is 32.6 Å². The first kappa shape index (κ1) is 21.0. The van der Waals surface area contributed by atoms with Crippen LogP contribution in [0.2, 0.25) is 0 Å². The zero-order chi connectivity index (χ0) is 20.2. The summed E-state index contributed by atoms with van der Waals surface area (Å²) in [6, 6.07) is 7.97. The van der Waals surface area contributed by atoms with E-state index in [1.807, 2.05) is 25.2 Å². The van der Waals surface area contributed by atoms with Crippen molar-refractivity contribution in [1.82, 2.24) is 9.80 Å². The molecule has 6 heteroatoms. The maximum atomic E-state index is 12.6. The van der Waals surface area contributed by atoms with Gasteiger partial charge in [0.1, 0.15) is 18.1 Å². The van der Waals surface area contributed by atoms with Crippen LogP contribution in [0.4, 0.5) is 0 Å². The number of carbonyl (C=O) groups excluding carboxylic acids is 1.